The number of nitrogens with one attached hydrogen (secondary N) is 1. The fourth-order valence-electron chi connectivity index (χ4n) is 3.69. The molecule has 2 aromatic carbocycles. The number of anilines is 1. The third-order valence-electron chi connectivity index (χ3n) is 5.19. The number of aromatic nitrogens is 3. The van der Waals surface area contributed by atoms with Crippen molar-refractivity contribution >= 4 is 23.7 Å². The standard InChI is InChI=1S/C25H28N4O3S/c1-4-14-32-20-13-9-12-19(15-20)22-21(23(30)31-5-2)17(3)26-24-27-25(28-29(22)24)33-16-18-10-7-6-8-11-18/h6-13,15,22H,4-5,14,16H2,1-3H3,(H,26,27,28). The summed E-state index contributed by atoms with van der Waals surface area (Å²) < 4.78 is 13.0. The van der Waals surface area contributed by atoms with Crippen molar-refractivity contribution in [3.63, 3.8) is 0 Å². The smallest absolute Gasteiger partial charge is 0.338 e. The maximum absolute atomic E-state index is 13.0. The lowest BCUT2D eigenvalue weighted by molar-refractivity contribution is -0.139. The van der Waals surface area contributed by atoms with E-state index in [2.05, 4.69) is 29.4 Å². The van der Waals surface area contributed by atoms with Gasteiger partial charge in [-0.2, -0.15) is 4.98 Å². The maximum Gasteiger partial charge on any atom is 0.338 e. The van der Waals surface area contributed by atoms with Crippen LogP contribution in [0.4, 0.5) is 5.95 Å². The molecule has 7 nitrogen and oxygen atoms in total. The minimum Gasteiger partial charge on any atom is -0.494 e. The Morgan fingerprint density at radius 2 is 1.97 bits per heavy atom. The molecule has 4 rings (SSSR count). The van der Waals surface area contributed by atoms with Crippen molar-refractivity contribution < 1.29 is 14.3 Å². The van der Waals surface area contributed by atoms with E-state index in [4.69, 9.17) is 14.6 Å². The van der Waals surface area contributed by atoms with Crippen molar-refractivity contribution in [2.24, 2.45) is 0 Å². The summed E-state index contributed by atoms with van der Waals surface area (Å²) in [5.41, 5.74) is 3.31. The summed E-state index contributed by atoms with van der Waals surface area (Å²) in [4.78, 5) is 17.6. The predicted molar refractivity (Wildman–Crippen MR) is 129 cm³/mol. The van der Waals surface area contributed by atoms with Gasteiger partial charge < -0.3 is 14.8 Å². The molecule has 1 atom stereocenters. The fraction of sp³-hybridized carbons (Fsp3) is 0.320. The molecule has 0 radical (unpaired) electrons. The van der Waals surface area contributed by atoms with Crippen LogP contribution in [0.3, 0.4) is 0 Å². The summed E-state index contributed by atoms with van der Waals surface area (Å²) in [5, 5.41) is 8.65. The first-order chi connectivity index (χ1) is 16.1. The third-order valence-corrected chi connectivity index (χ3v) is 6.09. The van der Waals surface area contributed by atoms with Crippen LogP contribution in [0.25, 0.3) is 0 Å². The highest BCUT2D eigenvalue weighted by molar-refractivity contribution is 7.98. The maximum atomic E-state index is 13.0. The van der Waals surface area contributed by atoms with Gasteiger partial charge in [-0.25, -0.2) is 9.48 Å². The lowest BCUT2D eigenvalue weighted by atomic mass is 9.95. The zero-order chi connectivity index (χ0) is 23.2. The Morgan fingerprint density at radius 3 is 2.73 bits per heavy atom. The average molecular weight is 465 g/mol. The normalized spacial score (nSPS) is 15.1. The highest BCUT2D eigenvalue weighted by atomic mass is 32.2. The molecule has 1 aliphatic heterocycles. The zero-order valence-electron chi connectivity index (χ0n) is 19.1. The molecule has 0 saturated carbocycles. The lowest BCUT2D eigenvalue weighted by Gasteiger charge is -2.28. The van der Waals surface area contributed by atoms with Crippen molar-refractivity contribution in [2.45, 2.75) is 44.1 Å². The van der Waals surface area contributed by atoms with E-state index in [0.717, 1.165) is 23.5 Å². The first kappa shape index (κ1) is 22.9. The van der Waals surface area contributed by atoms with Crippen LogP contribution >= 0.6 is 11.8 Å². The number of hydrogen-bond donors (Lipinski definition) is 1. The molecule has 2 heterocycles. The van der Waals surface area contributed by atoms with Crippen LogP contribution in [0.15, 0.2) is 71.0 Å². The molecule has 0 spiro atoms. The van der Waals surface area contributed by atoms with Gasteiger partial charge in [0.15, 0.2) is 0 Å². The van der Waals surface area contributed by atoms with Gasteiger partial charge in [0.2, 0.25) is 11.1 Å². The van der Waals surface area contributed by atoms with E-state index >= 15 is 0 Å². The Hall–Kier alpha value is -3.26. The number of benzene rings is 2. The monoisotopic (exact) mass is 464 g/mol. The van der Waals surface area contributed by atoms with Crippen LogP contribution < -0.4 is 10.1 Å². The van der Waals surface area contributed by atoms with Crippen molar-refractivity contribution in [2.75, 3.05) is 18.5 Å². The second-order valence-electron chi connectivity index (χ2n) is 7.64. The molecule has 0 aliphatic carbocycles. The Morgan fingerprint density at radius 1 is 1.15 bits per heavy atom. The highest BCUT2D eigenvalue weighted by Gasteiger charge is 2.35. The van der Waals surface area contributed by atoms with E-state index in [-0.39, 0.29) is 5.97 Å². The molecule has 0 saturated heterocycles. The fourth-order valence-corrected chi connectivity index (χ4v) is 4.48. The number of fused-ring (bicyclic) bond motifs is 1. The molecule has 1 N–H and O–H groups in total. The summed E-state index contributed by atoms with van der Waals surface area (Å²) in [7, 11) is 0. The lowest BCUT2D eigenvalue weighted by Crippen LogP contribution is -2.29. The molecular weight excluding hydrogens is 436 g/mol. The van der Waals surface area contributed by atoms with Crippen molar-refractivity contribution in [1.29, 1.82) is 0 Å². The van der Waals surface area contributed by atoms with Gasteiger partial charge in [-0.15, -0.1) is 5.10 Å². The summed E-state index contributed by atoms with van der Waals surface area (Å²) in [6, 6.07) is 17.5. The van der Waals surface area contributed by atoms with Gasteiger partial charge in [0.25, 0.3) is 0 Å². The quantitative estimate of drug-likeness (QED) is 0.344. The molecule has 0 fully saturated rings. The average Bonchev–Trinajstić information content (AvgIpc) is 3.23. The van der Waals surface area contributed by atoms with E-state index in [0.29, 0.717) is 35.6 Å². The first-order valence-electron chi connectivity index (χ1n) is 11.1. The summed E-state index contributed by atoms with van der Waals surface area (Å²) in [6.07, 6.45) is 0.917. The molecule has 3 aromatic rings. The van der Waals surface area contributed by atoms with Gasteiger partial charge in [0.05, 0.1) is 18.8 Å². The number of rotatable bonds is 9. The Balaban J connectivity index is 1.70. The van der Waals surface area contributed by atoms with Gasteiger partial charge >= 0.3 is 5.97 Å². The largest absolute Gasteiger partial charge is 0.494 e. The molecule has 8 heteroatoms. The number of allylic oxidation sites excluding steroid dienone is 1. The number of carbonyl (C=O) groups is 1. The number of hydrogen-bond acceptors (Lipinski definition) is 7. The third kappa shape index (κ3) is 5.22. The summed E-state index contributed by atoms with van der Waals surface area (Å²) in [6.45, 7) is 6.66. The summed E-state index contributed by atoms with van der Waals surface area (Å²) >= 11 is 1.56. The molecule has 0 bridgehead atoms. The van der Waals surface area contributed by atoms with Gasteiger partial charge in [0.1, 0.15) is 11.8 Å². The van der Waals surface area contributed by atoms with Gasteiger partial charge in [-0.3, -0.25) is 0 Å². The Kier molecular flexibility index (Phi) is 7.34. The van der Waals surface area contributed by atoms with Crippen molar-refractivity contribution in [3.05, 3.63) is 77.0 Å². The number of nitrogens with zero attached hydrogens (tertiary/aromatic N) is 3. The van der Waals surface area contributed by atoms with Crippen LogP contribution in [0.5, 0.6) is 5.75 Å². The van der Waals surface area contributed by atoms with Crippen molar-refractivity contribution in [1.82, 2.24) is 14.8 Å². The van der Waals surface area contributed by atoms with Crippen molar-refractivity contribution in [3.8, 4) is 5.75 Å². The van der Waals surface area contributed by atoms with Crippen LogP contribution in [-0.4, -0.2) is 33.9 Å². The molecule has 172 valence electrons. The number of ether oxygens (including phenoxy) is 2. The topological polar surface area (TPSA) is 78.3 Å². The SMILES string of the molecule is CCCOc1cccc(C2C(C(=O)OCC)=C(C)Nc3nc(SCc4ccccc4)nn32)c1. The van der Waals surface area contributed by atoms with Gasteiger partial charge in [-0.05, 0) is 43.5 Å². The molecule has 1 aliphatic rings. The Bertz CT molecular complexity index is 1140. The predicted octanol–water partition coefficient (Wildman–Crippen LogP) is 5.21. The van der Waals surface area contributed by atoms with E-state index < -0.39 is 6.04 Å². The Labute approximate surface area is 198 Å². The molecular formula is C25H28N4O3S. The zero-order valence-corrected chi connectivity index (χ0v) is 19.9. The van der Waals surface area contributed by atoms with E-state index in [1.54, 1.807) is 23.4 Å². The van der Waals surface area contributed by atoms with Crippen LogP contribution in [-0.2, 0) is 15.3 Å². The number of carbonyl (C=O) groups excluding carboxylic acids is 1. The molecule has 1 unspecified atom stereocenters. The first-order valence-corrected chi connectivity index (χ1v) is 12.1. The highest BCUT2D eigenvalue weighted by Crippen LogP contribution is 2.38. The second-order valence-corrected chi connectivity index (χ2v) is 8.59. The van der Waals surface area contributed by atoms with Gasteiger partial charge in [0, 0.05) is 11.4 Å². The molecule has 1 aromatic heterocycles. The molecule has 33 heavy (non-hydrogen) atoms. The minimum absolute atomic E-state index is 0.296. The van der Waals surface area contributed by atoms with Crippen LogP contribution in [0.2, 0.25) is 0 Å². The van der Waals surface area contributed by atoms with Crippen LogP contribution in [0, 0.1) is 0 Å². The van der Waals surface area contributed by atoms with E-state index in [9.17, 15) is 4.79 Å². The second kappa shape index (κ2) is 10.6. The van der Waals surface area contributed by atoms with E-state index in [1.807, 2.05) is 49.4 Å². The van der Waals surface area contributed by atoms with Gasteiger partial charge in [-0.1, -0.05) is 61.2 Å². The van der Waals surface area contributed by atoms with Crippen LogP contribution in [0.1, 0.15) is 44.4 Å². The molecule has 0 amide bonds. The van der Waals surface area contributed by atoms with E-state index in [1.165, 1.54) is 5.56 Å². The minimum atomic E-state index is -0.468. The summed E-state index contributed by atoms with van der Waals surface area (Å²) in [5.74, 6) is 1.74. The number of esters is 1. The number of thioether (sulfide) groups is 1.